The van der Waals surface area contributed by atoms with Gasteiger partial charge in [-0.05, 0) is 88.7 Å². The molecular weight excluding hydrogens is 538 g/mol. The van der Waals surface area contributed by atoms with Crippen molar-refractivity contribution in [2.24, 2.45) is 0 Å². The van der Waals surface area contributed by atoms with Gasteiger partial charge in [-0.3, -0.25) is 9.69 Å². The highest BCUT2D eigenvalue weighted by Crippen LogP contribution is 2.45. The van der Waals surface area contributed by atoms with E-state index in [9.17, 15) is 9.59 Å². The van der Waals surface area contributed by atoms with Crippen LogP contribution in [0, 0.1) is 0 Å². The number of piperidine rings is 2. The number of likely N-dealkylation sites (tertiary alicyclic amines) is 1. The van der Waals surface area contributed by atoms with E-state index in [1.807, 2.05) is 42.5 Å². The van der Waals surface area contributed by atoms with Gasteiger partial charge in [-0.15, -0.1) is 0 Å². The van der Waals surface area contributed by atoms with Crippen LogP contribution in [0.25, 0.3) is 0 Å². The van der Waals surface area contributed by atoms with Crippen LogP contribution in [0.15, 0.2) is 54.1 Å². The Morgan fingerprint density at radius 3 is 2.44 bits per heavy atom. The number of ether oxygens (including phenoxy) is 1. The summed E-state index contributed by atoms with van der Waals surface area (Å²) in [4.78, 5) is 29.3. The van der Waals surface area contributed by atoms with Crippen LogP contribution in [0.2, 0.25) is 0 Å². The highest BCUT2D eigenvalue weighted by atomic mass is 16.5. The van der Waals surface area contributed by atoms with Crippen LogP contribution in [0.3, 0.4) is 0 Å². The quantitative estimate of drug-likeness (QED) is 0.310. The van der Waals surface area contributed by atoms with E-state index in [0.29, 0.717) is 17.2 Å². The molecule has 8 heteroatoms. The molecule has 2 fully saturated rings. The van der Waals surface area contributed by atoms with Crippen molar-refractivity contribution in [2.75, 3.05) is 38.0 Å². The van der Waals surface area contributed by atoms with Crippen LogP contribution in [-0.4, -0.2) is 61.6 Å². The smallest absolute Gasteiger partial charge is 0.319 e. The van der Waals surface area contributed by atoms with E-state index in [0.717, 1.165) is 69.5 Å². The molecular formula is C35H47N5O3. The highest BCUT2D eigenvalue weighted by molar-refractivity contribution is 5.92. The van der Waals surface area contributed by atoms with Gasteiger partial charge < -0.3 is 26.0 Å². The van der Waals surface area contributed by atoms with Crippen LogP contribution in [0.4, 0.5) is 10.5 Å². The molecule has 0 radical (unpaired) electrons. The summed E-state index contributed by atoms with van der Waals surface area (Å²) < 4.78 is 6.21. The lowest BCUT2D eigenvalue weighted by Gasteiger charge is -2.34. The van der Waals surface area contributed by atoms with Crippen LogP contribution >= 0.6 is 0 Å². The maximum atomic E-state index is 14.0. The predicted molar refractivity (Wildman–Crippen MR) is 171 cm³/mol. The van der Waals surface area contributed by atoms with Crippen molar-refractivity contribution >= 4 is 17.6 Å². The molecule has 1 aliphatic carbocycles. The third-order valence-electron chi connectivity index (χ3n) is 9.46. The van der Waals surface area contributed by atoms with Crippen molar-refractivity contribution in [3.8, 4) is 11.5 Å². The van der Waals surface area contributed by atoms with Gasteiger partial charge in [0.2, 0.25) is 5.91 Å². The van der Waals surface area contributed by atoms with E-state index < -0.39 is 5.92 Å². The van der Waals surface area contributed by atoms with Gasteiger partial charge in [0, 0.05) is 48.5 Å². The van der Waals surface area contributed by atoms with Crippen LogP contribution in [0.5, 0.6) is 11.5 Å². The fourth-order valence-electron chi connectivity index (χ4n) is 7.03. The summed E-state index contributed by atoms with van der Waals surface area (Å²) in [6, 6.07) is 13.5. The Labute approximate surface area is 256 Å². The first kappa shape index (κ1) is 29.7. The molecule has 1 unspecified atom stereocenters. The molecule has 4 N–H and O–H groups in total. The third kappa shape index (κ3) is 7.78. The summed E-state index contributed by atoms with van der Waals surface area (Å²) in [5.41, 5.74) is 3.89. The standard InChI is InChI=1S/C35H47N5O3/c41-34(37-27-17-21-40(22-18-27)24-25-9-5-3-1-2-4-6-10-25)33-29-11-7-8-12-31(29)43-32-14-13-28(23-30(32)33)39-35(42)38-26-15-19-36-20-16-26/h7-9,11-14,23,26-27,33,36H,1-6,10,15-22,24H2,(H,37,41)(H2,38,39,42)/b25-9+. The predicted octanol–water partition coefficient (Wildman–Crippen LogP) is 6.05. The summed E-state index contributed by atoms with van der Waals surface area (Å²) in [5.74, 6) is 0.848. The Kier molecular flexibility index (Phi) is 9.95. The summed E-state index contributed by atoms with van der Waals surface area (Å²) in [6.07, 6.45) is 15.4. The van der Waals surface area contributed by atoms with Gasteiger partial charge in [0.05, 0.1) is 5.92 Å². The lowest BCUT2D eigenvalue weighted by Crippen LogP contribution is -2.46. The van der Waals surface area contributed by atoms with Gasteiger partial charge in [-0.2, -0.15) is 0 Å². The number of nitrogens with zero attached hydrogens (tertiary/aromatic N) is 1. The van der Waals surface area contributed by atoms with E-state index in [1.54, 1.807) is 5.57 Å². The lowest BCUT2D eigenvalue weighted by molar-refractivity contribution is -0.122. The second-order valence-electron chi connectivity index (χ2n) is 12.7. The molecule has 43 heavy (non-hydrogen) atoms. The minimum absolute atomic E-state index is 0.00858. The molecule has 0 spiro atoms. The monoisotopic (exact) mass is 585 g/mol. The second-order valence-corrected chi connectivity index (χ2v) is 12.7. The van der Waals surface area contributed by atoms with Gasteiger partial charge in [0.15, 0.2) is 0 Å². The Balaban J connectivity index is 1.10. The number of amides is 3. The zero-order valence-corrected chi connectivity index (χ0v) is 25.3. The Bertz CT molecular complexity index is 1300. The molecule has 0 aromatic heterocycles. The fraction of sp³-hybridized carbons (Fsp3) is 0.543. The normalized spacial score (nSPS) is 23.2. The Morgan fingerprint density at radius 2 is 1.58 bits per heavy atom. The number of nitrogens with one attached hydrogen (secondary N) is 4. The van der Waals surface area contributed by atoms with Crippen LogP contribution < -0.4 is 26.0 Å². The van der Waals surface area contributed by atoms with Crippen molar-refractivity contribution in [3.63, 3.8) is 0 Å². The fourth-order valence-corrected chi connectivity index (χ4v) is 7.03. The molecule has 3 heterocycles. The number of benzene rings is 2. The van der Waals surface area contributed by atoms with Crippen molar-refractivity contribution < 1.29 is 14.3 Å². The number of rotatable bonds is 6. The highest BCUT2D eigenvalue weighted by Gasteiger charge is 2.34. The maximum Gasteiger partial charge on any atom is 0.319 e. The number of fused-ring (bicyclic) bond motifs is 2. The average Bonchev–Trinajstić information content (AvgIpc) is 3.15. The van der Waals surface area contributed by atoms with Gasteiger partial charge in [-0.25, -0.2) is 4.79 Å². The molecule has 3 amide bonds. The van der Waals surface area contributed by atoms with Gasteiger partial charge in [0.25, 0.3) is 0 Å². The van der Waals surface area contributed by atoms with Gasteiger partial charge >= 0.3 is 6.03 Å². The molecule has 0 bridgehead atoms. The zero-order valence-electron chi connectivity index (χ0n) is 25.3. The number of hydrogen-bond acceptors (Lipinski definition) is 5. The van der Waals surface area contributed by atoms with Crippen molar-refractivity contribution in [3.05, 3.63) is 65.2 Å². The van der Waals surface area contributed by atoms with Crippen molar-refractivity contribution in [1.29, 1.82) is 0 Å². The molecule has 0 saturated carbocycles. The van der Waals surface area contributed by atoms with Crippen LogP contribution in [0.1, 0.15) is 87.7 Å². The van der Waals surface area contributed by atoms with Crippen molar-refractivity contribution in [1.82, 2.24) is 20.9 Å². The minimum Gasteiger partial charge on any atom is -0.457 e. The average molecular weight is 586 g/mol. The SMILES string of the molecule is O=C(Nc1ccc2c(c1)C(C(=O)NC1CCN(C/C3=C/CCCCCCC3)CC1)c1ccccc1O2)NC1CCNCC1. The first-order chi connectivity index (χ1) is 21.1. The summed E-state index contributed by atoms with van der Waals surface area (Å²) in [5, 5.41) is 12.8. The number of urea groups is 1. The third-order valence-corrected chi connectivity index (χ3v) is 9.46. The number of carbonyl (C=O) groups is 2. The van der Waals surface area contributed by atoms with Gasteiger partial charge in [0.1, 0.15) is 11.5 Å². The Hall–Kier alpha value is -3.36. The maximum absolute atomic E-state index is 14.0. The second kappa shape index (κ2) is 14.4. The summed E-state index contributed by atoms with van der Waals surface area (Å²) in [6.45, 7) is 4.90. The molecule has 3 aliphatic heterocycles. The molecule has 2 saturated heterocycles. The molecule has 2 aromatic carbocycles. The molecule has 2 aromatic rings. The number of carbonyl (C=O) groups excluding carboxylic acids is 2. The summed E-state index contributed by atoms with van der Waals surface area (Å²) in [7, 11) is 0. The van der Waals surface area contributed by atoms with Gasteiger partial charge in [-0.1, -0.05) is 49.1 Å². The molecule has 6 rings (SSSR count). The Morgan fingerprint density at radius 1 is 0.837 bits per heavy atom. The largest absolute Gasteiger partial charge is 0.457 e. The molecule has 8 nitrogen and oxygen atoms in total. The molecule has 4 aliphatic rings. The number of para-hydroxylation sites is 1. The number of anilines is 1. The molecule has 1 atom stereocenters. The van der Waals surface area contributed by atoms with Crippen LogP contribution in [-0.2, 0) is 4.79 Å². The van der Waals surface area contributed by atoms with E-state index in [2.05, 4.69) is 32.2 Å². The first-order valence-electron chi connectivity index (χ1n) is 16.5. The van der Waals surface area contributed by atoms with Crippen molar-refractivity contribution in [2.45, 2.75) is 88.6 Å². The topological polar surface area (TPSA) is 94.7 Å². The zero-order chi connectivity index (χ0) is 29.4. The van der Waals surface area contributed by atoms with E-state index in [4.69, 9.17) is 4.74 Å². The lowest BCUT2D eigenvalue weighted by atomic mass is 9.86. The first-order valence-corrected chi connectivity index (χ1v) is 16.5. The number of allylic oxidation sites excluding steroid dienone is 1. The summed E-state index contributed by atoms with van der Waals surface area (Å²) >= 11 is 0. The number of hydrogen-bond donors (Lipinski definition) is 4. The minimum atomic E-state index is -0.503. The van der Waals surface area contributed by atoms with E-state index in [-0.39, 0.29) is 24.0 Å². The van der Waals surface area contributed by atoms with E-state index >= 15 is 0 Å². The molecule has 230 valence electrons. The van der Waals surface area contributed by atoms with E-state index in [1.165, 1.54) is 44.9 Å².